The molecular weight excluding hydrogens is 428 g/mol. The zero-order valence-corrected chi connectivity index (χ0v) is 19.1. The number of carboxylic acid groups (broad SMARTS) is 1. The number of fused-ring (bicyclic) bond motifs is 1. The predicted molar refractivity (Wildman–Crippen MR) is 124 cm³/mol. The molecule has 1 atom stereocenters. The molecule has 32 heavy (non-hydrogen) atoms. The van der Waals surface area contributed by atoms with Crippen LogP contribution in [-0.4, -0.2) is 36.5 Å². The van der Waals surface area contributed by atoms with E-state index in [-0.39, 0.29) is 19.3 Å². The number of aliphatic carboxylic acids is 1. The molecule has 4 rings (SSSR count). The molecule has 0 aliphatic carbocycles. The maximum absolute atomic E-state index is 12.0. The Morgan fingerprint density at radius 1 is 1.25 bits per heavy atom. The third kappa shape index (κ3) is 4.65. The maximum Gasteiger partial charge on any atom is 0.308 e. The van der Waals surface area contributed by atoms with Crippen molar-refractivity contribution in [3.63, 3.8) is 0 Å². The SMILES string of the molecule is COc1cccc(-c2nc(NCC(Cc3cccc4c3OCO4)C(=O)O)sc2C(C)C)c1. The summed E-state index contributed by atoms with van der Waals surface area (Å²) in [6, 6.07) is 13.4. The van der Waals surface area contributed by atoms with Crippen molar-refractivity contribution < 1.29 is 24.1 Å². The van der Waals surface area contributed by atoms with Crippen LogP contribution < -0.4 is 19.5 Å². The van der Waals surface area contributed by atoms with E-state index < -0.39 is 11.9 Å². The Hall–Kier alpha value is -3.26. The highest BCUT2D eigenvalue weighted by atomic mass is 32.1. The van der Waals surface area contributed by atoms with Crippen molar-refractivity contribution in [2.24, 2.45) is 5.92 Å². The number of carbonyl (C=O) groups is 1. The van der Waals surface area contributed by atoms with Crippen LogP contribution in [0, 0.1) is 5.92 Å². The van der Waals surface area contributed by atoms with E-state index >= 15 is 0 Å². The van der Waals surface area contributed by atoms with Gasteiger partial charge in [-0.1, -0.05) is 38.1 Å². The minimum absolute atomic E-state index is 0.159. The maximum atomic E-state index is 12.0. The van der Waals surface area contributed by atoms with Gasteiger partial charge in [-0.3, -0.25) is 4.79 Å². The molecule has 1 unspecified atom stereocenters. The lowest BCUT2D eigenvalue weighted by atomic mass is 9.98. The fourth-order valence-electron chi connectivity index (χ4n) is 3.65. The van der Waals surface area contributed by atoms with Crippen LogP contribution in [0.3, 0.4) is 0 Å². The van der Waals surface area contributed by atoms with Gasteiger partial charge in [0.05, 0.1) is 18.7 Å². The van der Waals surface area contributed by atoms with Gasteiger partial charge in [-0.2, -0.15) is 0 Å². The number of nitrogens with one attached hydrogen (secondary N) is 1. The van der Waals surface area contributed by atoms with Gasteiger partial charge in [0.25, 0.3) is 0 Å². The van der Waals surface area contributed by atoms with E-state index in [1.165, 1.54) is 0 Å². The Balaban J connectivity index is 1.53. The second-order valence-electron chi connectivity index (χ2n) is 7.89. The van der Waals surface area contributed by atoms with Crippen molar-refractivity contribution in [2.45, 2.75) is 26.2 Å². The average molecular weight is 455 g/mol. The molecule has 1 aromatic heterocycles. The second kappa shape index (κ2) is 9.48. The summed E-state index contributed by atoms with van der Waals surface area (Å²) in [5.41, 5.74) is 2.70. The number of carboxylic acids is 1. The highest BCUT2D eigenvalue weighted by molar-refractivity contribution is 7.16. The number of nitrogens with zero attached hydrogens (tertiary/aromatic N) is 1. The lowest BCUT2D eigenvalue weighted by Gasteiger charge is -2.14. The molecule has 0 fully saturated rings. The lowest BCUT2D eigenvalue weighted by molar-refractivity contribution is -0.141. The Morgan fingerprint density at radius 3 is 2.81 bits per heavy atom. The molecule has 168 valence electrons. The van der Waals surface area contributed by atoms with Crippen LogP contribution in [0.2, 0.25) is 0 Å². The van der Waals surface area contributed by atoms with E-state index in [1.54, 1.807) is 18.4 Å². The van der Waals surface area contributed by atoms with Gasteiger partial charge in [0.15, 0.2) is 16.6 Å². The molecule has 0 saturated carbocycles. The average Bonchev–Trinajstić information content (AvgIpc) is 3.44. The highest BCUT2D eigenvalue weighted by Gasteiger charge is 2.25. The van der Waals surface area contributed by atoms with Gasteiger partial charge in [-0.05, 0) is 36.1 Å². The number of benzene rings is 2. The summed E-state index contributed by atoms with van der Waals surface area (Å²) in [6.45, 7) is 4.66. The van der Waals surface area contributed by atoms with Crippen LogP contribution in [-0.2, 0) is 11.2 Å². The van der Waals surface area contributed by atoms with Crippen LogP contribution >= 0.6 is 11.3 Å². The van der Waals surface area contributed by atoms with Crippen molar-refractivity contribution >= 4 is 22.4 Å². The normalized spacial score (nSPS) is 13.2. The first-order valence-corrected chi connectivity index (χ1v) is 11.3. The summed E-state index contributed by atoms with van der Waals surface area (Å²) in [5.74, 6) is 0.829. The quantitative estimate of drug-likeness (QED) is 0.469. The van der Waals surface area contributed by atoms with Gasteiger partial charge in [0.2, 0.25) is 6.79 Å². The molecule has 1 aliphatic heterocycles. The molecule has 2 aromatic carbocycles. The first kappa shape index (κ1) is 22.0. The van der Waals surface area contributed by atoms with Crippen LogP contribution in [0.4, 0.5) is 5.13 Å². The fraction of sp³-hybridized carbons (Fsp3) is 0.333. The number of anilines is 1. The van der Waals surface area contributed by atoms with Gasteiger partial charge in [0, 0.05) is 17.0 Å². The van der Waals surface area contributed by atoms with E-state index in [2.05, 4.69) is 19.2 Å². The molecule has 8 heteroatoms. The number of para-hydroxylation sites is 1. The van der Waals surface area contributed by atoms with Crippen LogP contribution in [0.1, 0.15) is 30.2 Å². The van der Waals surface area contributed by atoms with E-state index in [0.717, 1.165) is 27.4 Å². The van der Waals surface area contributed by atoms with Crippen molar-refractivity contribution in [1.29, 1.82) is 0 Å². The topological polar surface area (TPSA) is 89.9 Å². The second-order valence-corrected chi connectivity index (χ2v) is 8.92. The fourth-order valence-corrected chi connectivity index (χ4v) is 4.65. The Morgan fingerprint density at radius 2 is 2.06 bits per heavy atom. The first-order valence-electron chi connectivity index (χ1n) is 10.5. The van der Waals surface area contributed by atoms with E-state index in [4.69, 9.17) is 19.2 Å². The summed E-state index contributed by atoms with van der Waals surface area (Å²) in [4.78, 5) is 17.9. The number of aromatic nitrogens is 1. The molecule has 0 spiro atoms. The van der Waals surface area contributed by atoms with Crippen LogP contribution in [0.15, 0.2) is 42.5 Å². The molecule has 3 aromatic rings. The van der Waals surface area contributed by atoms with Gasteiger partial charge < -0.3 is 24.6 Å². The minimum Gasteiger partial charge on any atom is -0.497 e. The summed E-state index contributed by atoms with van der Waals surface area (Å²) < 4.78 is 16.3. The first-order chi connectivity index (χ1) is 15.5. The number of hydrogen-bond acceptors (Lipinski definition) is 7. The Kier molecular flexibility index (Phi) is 6.50. The molecule has 0 amide bonds. The van der Waals surface area contributed by atoms with E-state index in [9.17, 15) is 9.90 Å². The van der Waals surface area contributed by atoms with Gasteiger partial charge in [-0.25, -0.2) is 4.98 Å². The molecule has 7 nitrogen and oxygen atoms in total. The molecule has 2 N–H and O–H groups in total. The number of methoxy groups -OCH3 is 1. The zero-order valence-electron chi connectivity index (χ0n) is 18.3. The predicted octanol–water partition coefficient (Wildman–Crippen LogP) is 5.03. The third-order valence-electron chi connectivity index (χ3n) is 5.31. The summed E-state index contributed by atoms with van der Waals surface area (Å²) >= 11 is 1.56. The molecule has 0 bridgehead atoms. The standard InChI is InChI=1S/C24H26N2O5S/c1-14(2)22-20(15-6-4-8-18(11-15)29-3)26-24(32-22)25-12-17(23(27)28)10-16-7-5-9-19-21(16)31-13-30-19/h4-9,11,14,17H,10,12-13H2,1-3H3,(H,25,26)(H,27,28). The van der Waals surface area contributed by atoms with Crippen LogP contribution in [0.5, 0.6) is 17.2 Å². The molecule has 0 radical (unpaired) electrons. The zero-order chi connectivity index (χ0) is 22.7. The van der Waals surface area contributed by atoms with Gasteiger partial charge in [-0.15, -0.1) is 11.3 Å². The third-order valence-corrected chi connectivity index (χ3v) is 6.63. The van der Waals surface area contributed by atoms with Crippen molar-refractivity contribution in [3.05, 3.63) is 52.9 Å². The van der Waals surface area contributed by atoms with E-state index in [0.29, 0.717) is 23.1 Å². The number of hydrogen-bond donors (Lipinski definition) is 2. The molecular formula is C24H26N2O5S. The van der Waals surface area contributed by atoms with Crippen molar-refractivity contribution in [1.82, 2.24) is 4.98 Å². The minimum atomic E-state index is -0.873. The Bertz CT molecular complexity index is 1110. The largest absolute Gasteiger partial charge is 0.497 e. The lowest BCUT2D eigenvalue weighted by Crippen LogP contribution is -2.25. The van der Waals surface area contributed by atoms with E-state index in [1.807, 2.05) is 42.5 Å². The number of rotatable bonds is 9. The summed E-state index contributed by atoms with van der Waals surface area (Å²) in [6.07, 6.45) is 0.333. The molecule has 0 saturated heterocycles. The molecule has 2 heterocycles. The summed E-state index contributed by atoms with van der Waals surface area (Å²) in [7, 11) is 1.64. The molecule has 1 aliphatic rings. The number of thiazole rings is 1. The van der Waals surface area contributed by atoms with Crippen molar-refractivity contribution in [2.75, 3.05) is 25.8 Å². The monoisotopic (exact) mass is 454 g/mol. The van der Waals surface area contributed by atoms with Crippen LogP contribution in [0.25, 0.3) is 11.3 Å². The van der Waals surface area contributed by atoms with Gasteiger partial charge in [0.1, 0.15) is 5.75 Å². The highest BCUT2D eigenvalue weighted by Crippen LogP contribution is 2.38. The van der Waals surface area contributed by atoms with Crippen molar-refractivity contribution in [3.8, 4) is 28.5 Å². The number of ether oxygens (including phenoxy) is 3. The van der Waals surface area contributed by atoms with Gasteiger partial charge >= 0.3 is 5.97 Å². The smallest absolute Gasteiger partial charge is 0.308 e. The Labute approximate surface area is 191 Å². The summed E-state index contributed by atoms with van der Waals surface area (Å²) in [5, 5.41) is 13.8.